The van der Waals surface area contributed by atoms with Gasteiger partial charge in [0.1, 0.15) is 0 Å². The molecule has 2 aromatic heterocycles. The topological polar surface area (TPSA) is 53.9 Å². The summed E-state index contributed by atoms with van der Waals surface area (Å²) >= 11 is 1.70. The Bertz CT molecular complexity index is 550. The van der Waals surface area contributed by atoms with Crippen molar-refractivity contribution >= 4 is 23.2 Å². The maximum atomic E-state index is 4.51. The van der Waals surface area contributed by atoms with Gasteiger partial charge < -0.3 is 10.2 Å². The molecule has 2 aromatic rings. The number of hydrogen-bond acceptors (Lipinski definition) is 6. The van der Waals surface area contributed by atoms with Gasteiger partial charge in [-0.2, -0.15) is 15.0 Å². The van der Waals surface area contributed by atoms with Gasteiger partial charge in [-0.05, 0) is 24.8 Å². The fourth-order valence-electron chi connectivity index (χ4n) is 1.62. The number of rotatable bonds is 5. The van der Waals surface area contributed by atoms with Crippen LogP contribution in [0.4, 0.5) is 11.9 Å². The molecule has 0 amide bonds. The maximum absolute atomic E-state index is 4.51. The van der Waals surface area contributed by atoms with Crippen LogP contribution < -0.4 is 10.2 Å². The minimum absolute atomic E-state index is 0.640. The fraction of sp³-hybridized carbons (Fsp3) is 0.462. The first-order valence-electron chi connectivity index (χ1n) is 6.33. The Morgan fingerprint density at radius 3 is 2.63 bits per heavy atom. The van der Waals surface area contributed by atoms with Crippen LogP contribution in [0.25, 0.3) is 11.4 Å². The first kappa shape index (κ1) is 13.7. The summed E-state index contributed by atoms with van der Waals surface area (Å²) in [4.78, 5) is 16.5. The number of thiophene rings is 1. The highest BCUT2D eigenvalue weighted by molar-refractivity contribution is 7.10. The third-order valence-electron chi connectivity index (χ3n) is 2.66. The van der Waals surface area contributed by atoms with Crippen LogP contribution in [-0.4, -0.2) is 35.6 Å². The minimum atomic E-state index is 0.640. The Morgan fingerprint density at radius 1 is 1.26 bits per heavy atom. The van der Waals surface area contributed by atoms with Gasteiger partial charge in [-0.15, -0.1) is 11.3 Å². The molecule has 0 aliphatic rings. The third kappa shape index (κ3) is 3.20. The van der Waals surface area contributed by atoms with E-state index in [1.165, 1.54) is 4.88 Å². The summed E-state index contributed by atoms with van der Waals surface area (Å²) in [6.45, 7) is 5.06. The number of aromatic nitrogens is 3. The third-order valence-corrected chi connectivity index (χ3v) is 3.50. The fourth-order valence-corrected chi connectivity index (χ4v) is 2.31. The van der Waals surface area contributed by atoms with Crippen molar-refractivity contribution in [2.75, 3.05) is 30.9 Å². The number of nitrogens with zero attached hydrogens (tertiary/aromatic N) is 4. The quantitative estimate of drug-likeness (QED) is 0.910. The zero-order chi connectivity index (χ0) is 13.8. The molecule has 0 saturated heterocycles. The summed E-state index contributed by atoms with van der Waals surface area (Å²) in [5, 5.41) is 5.28. The maximum Gasteiger partial charge on any atom is 0.230 e. The lowest BCUT2D eigenvalue weighted by atomic mass is 10.2. The molecular formula is C13H19N5S. The lowest BCUT2D eigenvalue weighted by Crippen LogP contribution is -2.16. The molecule has 0 aliphatic carbocycles. The van der Waals surface area contributed by atoms with E-state index < -0.39 is 0 Å². The van der Waals surface area contributed by atoms with E-state index in [4.69, 9.17) is 0 Å². The van der Waals surface area contributed by atoms with Gasteiger partial charge >= 0.3 is 0 Å². The van der Waals surface area contributed by atoms with Crippen LogP contribution in [0.2, 0.25) is 0 Å². The second-order valence-corrected chi connectivity index (χ2v) is 5.61. The molecule has 1 N–H and O–H groups in total. The van der Waals surface area contributed by atoms with Crippen LogP contribution in [0.1, 0.15) is 18.2 Å². The van der Waals surface area contributed by atoms with Gasteiger partial charge in [-0.3, -0.25) is 0 Å². The summed E-state index contributed by atoms with van der Waals surface area (Å²) < 4.78 is 0. The molecule has 0 saturated carbocycles. The zero-order valence-electron chi connectivity index (χ0n) is 11.8. The standard InChI is InChI=1S/C13H19N5S/c1-5-7-14-12-15-11(10-6-8-19-9(10)2)16-13(17-12)18(3)4/h6,8H,5,7H2,1-4H3,(H,14,15,16,17). The lowest BCUT2D eigenvalue weighted by Gasteiger charge is -2.13. The van der Waals surface area contributed by atoms with E-state index in [0.29, 0.717) is 11.9 Å². The monoisotopic (exact) mass is 277 g/mol. The van der Waals surface area contributed by atoms with E-state index in [2.05, 4.69) is 45.6 Å². The van der Waals surface area contributed by atoms with Crippen molar-refractivity contribution in [1.82, 2.24) is 15.0 Å². The number of anilines is 2. The van der Waals surface area contributed by atoms with Crippen molar-refractivity contribution in [1.29, 1.82) is 0 Å². The van der Waals surface area contributed by atoms with Crippen molar-refractivity contribution in [3.8, 4) is 11.4 Å². The van der Waals surface area contributed by atoms with Crippen LogP contribution in [-0.2, 0) is 0 Å². The summed E-state index contributed by atoms with van der Waals surface area (Å²) in [5.41, 5.74) is 1.08. The highest BCUT2D eigenvalue weighted by Gasteiger charge is 2.12. The van der Waals surface area contributed by atoms with E-state index in [-0.39, 0.29) is 0 Å². The summed E-state index contributed by atoms with van der Waals surface area (Å²) in [6.07, 6.45) is 1.04. The predicted molar refractivity (Wildman–Crippen MR) is 81.0 cm³/mol. The Kier molecular flexibility index (Phi) is 4.31. The summed E-state index contributed by atoms with van der Waals surface area (Å²) in [6, 6.07) is 2.05. The van der Waals surface area contributed by atoms with Gasteiger partial charge in [0.25, 0.3) is 0 Å². The summed E-state index contributed by atoms with van der Waals surface area (Å²) in [5.74, 6) is 2.05. The molecule has 0 aromatic carbocycles. The van der Waals surface area contributed by atoms with Gasteiger partial charge in [0, 0.05) is 31.1 Å². The van der Waals surface area contributed by atoms with Gasteiger partial charge in [0.15, 0.2) is 5.82 Å². The molecule has 19 heavy (non-hydrogen) atoms. The molecular weight excluding hydrogens is 258 g/mol. The molecule has 0 unspecified atom stereocenters. The molecule has 102 valence electrons. The average molecular weight is 277 g/mol. The van der Waals surface area contributed by atoms with Gasteiger partial charge in [-0.25, -0.2) is 0 Å². The predicted octanol–water partition coefficient (Wildman–Crippen LogP) is 2.80. The summed E-state index contributed by atoms with van der Waals surface area (Å²) in [7, 11) is 3.87. The molecule has 0 aliphatic heterocycles. The molecule has 2 rings (SSSR count). The van der Waals surface area contributed by atoms with Crippen LogP contribution in [0.15, 0.2) is 11.4 Å². The van der Waals surface area contributed by atoms with Gasteiger partial charge in [0.05, 0.1) is 0 Å². The number of hydrogen-bond donors (Lipinski definition) is 1. The van der Waals surface area contributed by atoms with Gasteiger partial charge in [0.2, 0.25) is 11.9 Å². The Morgan fingerprint density at radius 2 is 2.05 bits per heavy atom. The molecule has 2 heterocycles. The van der Waals surface area contributed by atoms with Crippen molar-refractivity contribution in [3.63, 3.8) is 0 Å². The SMILES string of the molecule is CCCNc1nc(-c2ccsc2C)nc(N(C)C)n1. The lowest BCUT2D eigenvalue weighted by molar-refractivity contribution is 0.919. The molecule has 6 heteroatoms. The number of nitrogens with one attached hydrogen (secondary N) is 1. The van der Waals surface area contributed by atoms with E-state index >= 15 is 0 Å². The average Bonchev–Trinajstić information content (AvgIpc) is 2.82. The van der Waals surface area contributed by atoms with Crippen LogP contribution in [0.3, 0.4) is 0 Å². The first-order valence-corrected chi connectivity index (χ1v) is 7.21. The van der Waals surface area contributed by atoms with Crippen molar-refractivity contribution in [3.05, 3.63) is 16.3 Å². The molecule has 5 nitrogen and oxygen atoms in total. The Balaban J connectivity index is 2.42. The molecule has 0 atom stereocenters. The number of aryl methyl sites for hydroxylation is 1. The molecule has 0 radical (unpaired) electrons. The van der Waals surface area contributed by atoms with E-state index in [1.54, 1.807) is 11.3 Å². The van der Waals surface area contributed by atoms with Gasteiger partial charge in [-0.1, -0.05) is 6.92 Å². The van der Waals surface area contributed by atoms with Crippen molar-refractivity contribution in [2.24, 2.45) is 0 Å². The van der Waals surface area contributed by atoms with Crippen molar-refractivity contribution < 1.29 is 0 Å². The van der Waals surface area contributed by atoms with Crippen LogP contribution in [0.5, 0.6) is 0 Å². The van der Waals surface area contributed by atoms with Crippen LogP contribution >= 0.6 is 11.3 Å². The first-order chi connectivity index (χ1) is 9.11. The van der Waals surface area contributed by atoms with Crippen LogP contribution in [0, 0.1) is 6.92 Å². The second-order valence-electron chi connectivity index (χ2n) is 4.49. The largest absolute Gasteiger partial charge is 0.354 e. The minimum Gasteiger partial charge on any atom is -0.354 e. The van der Waals surface area contributed by atoms with E-state index in [9.17, 15) is 0 Å². The second kappa shape index (κ2) is 5.97. The van der Waals surface area contributed by atoms with Crippen molar-refractivity contribution in [2.45, 2.75) is 20.3 Å². The highest BCUT2D eigenvalue weighted by atomic mass is 32.1. The smallest absolute Gasteiger partial charge is 0.230 e. The zero-order valence-corrected chi connectivity index (χ0v) is 12.6. The Hall–Kier alpha value is -1.69. The highest BCUT2D eigenvalue weighted by Crippen LogP contribution is 2.26. The van der Waals surface area contributed by atoms with E-state index in [0.717, 1.165) is 24.4 Å². The normalized spacial score (nSPS) is 10.5. The Labute approximate surface area is 117 Å². The molecule has 0 bridgehead atoms. The molecule has 0 spiro atoms. The molecule has 0 fully saturated rings. The van der Waals surface area contributed by atoms with E-state index in [1.807, 2.05) is 19.0 Å².